The summed E-state index contributed by atoms with van der Waals surface area (Å²) in [5.41, 5.74) is -0.989. The monoisotopic (exact) mass is 385 g/mol. The van der Waals surface area contributed by atoms with Crippen molar-refractivity contribution in [2.24, 2.45) is 5.41 Å². The number of hydrogen-bond donors (Lipinski definition) is 4. The molecule has 10 heteroatoms. The molecule has 0 fully saturated rings. The number of carbonyl (C=O) groups is 3. The highest BCUT2D eigenvalue weighted by atomic mass is 16.5. The molecule has 152 valence electrons. The number of carbonyl (C=O) groups excluding carboxylic acids is 3. The average molecular weight is 385 g/mol. The number of rotatable bonds is 16. The Morgan fingerprint density at radius 3 is 1.26 bits per heavy atom. The van der Waals surface area contributed by atoms with Crippen LogP contribution in [0.2, 0.25) is 0 Å². The van der Waals surface area contributed by atoms with Crippen LogP contribution < -0.4 is 16.0 Å². The molecule has 0 aliphatic rings. The number of aliphatic hydroxyl groups excluding tert-OH is 1. The molecule has 0 aromatic carbocycles. The van der Waals surface area contributed by atoms with Crippen molar-refractivity contribution in [3.63, 3.8) is 0 Å². The van der Waals surface area contributed by atoms with Gasteiger partial charge in [0.2, 0.25) is 17.7 Å². The number of aliphatic hydroxyl groups is 1. The first kappa shape index (κ1) is 24.5. The van der Waals surface area contributed by atoms with Crippen LogP contribution >= 0.6 is 0 Å². The second-order valence-corrected chi connectivity index (χ2v) is 5.37. The second-order valence-electron chi connectivity index (χ2n) is 5.37. The van der Waals surface area contributed by atoms with Crippen molar-refractivity contribution in [2.75, 3.05) is 46.6 Å². The molecule has 0 aromatic heterocycles. The van der Waals surface area contributed by atoms with E-state index in [9.17, 15) is 19.5 Å². The van der Waals surface area contributed by atoms with Gasteiger partial charge in [-0.15, -0.1) is 0 Å². The van der Waals surface area contributed by atoms with Crippen LogP contribution in [0.4, 0.5) is 0 Å². The van der Waals surface area contributed by atoms with Gasteiger partial charge in [-0.1, -0.05) is 19.7 Å². The molecule has 0 unspecified atom stereocenters. The van der Waals surface area contributed by atoms with Gasteiger partial charge < -0.3 is 35.3 Å². The van der Waals surface area contributed by atoms with Gasteiger partial charge in [-0.25, -0.2) is 0 Å². The molecule has 0 aliphatic heterocycles. The highest BCUT2D eigenvalue weighted by Gasteiger charge is 2.31. The van der Waals surface area contributed by atoms with Gasteiger partial charge in [0.25, 0.3) is 0 Å². The zero-order valence-electron chi connectivity index (χ0n) is 15.2. The van der Waals surface area contributed by atoms with Crippen LogP contribution in [0.5, 0.6) is 0 Å². The molecule has 0 heterocycles. The lowest BCUT2D eigenvalue weighted by molar-refractivity contribution is -0.124. The normalized spacial score (nSPS) is 10.6. The van der Waals surface area contributed by atoms with E-state index in [-0.39, 0.29) is 46.6 Å². The molecular formula is C17H27N3O7. The highest BCUT2D eigenvalue weighted by molar-refractivity contribution is 5.87. The fourth-order valence-corrected chi connectivity index (χ4v) is 1.65. The van der Waals surface area contributed by atoms with E-state index in [0.717, 1.165) is 18.2 Å². The molecule has 0 radical (unpaired) electrons. The van der Waals surface area contributed by atoms with Gasteiger partial charge in [0.05, 0.1) is 31.8 Å². The SMILES string of the molecule is C=CC(=O)NCOCC(CO)(COCNC(=O)C=C)COCNC(=O)C=C. The molecule has 0 aromatic rings. The topological polar surface area (TPSA) is 135 Å². The largest absolute Gasteiger partial charge is 0.396 e. The third-order valence-corrected chi connectivity index (χ3v) is 3.16. The molecule has 3 amide bonds. The molecule has 0 bridgehead atoms. The van der Waals surface area contributed by atoms with Crippen molar-refractivity contribution in [2.45, 2.75) is 0 Å². The van der Waals surface area contributed by atoms with Gasteiger partial charge >= 0.3 is 0 Å². The van der Waals surface area contributed by atoms with E-state index >= 15 is 0 Å². The van der Waals surface area contributed by atoms with Crippen LogP contribution in [0.1, 0.15) is 0 Å². The van der Waals surface area contributed by atoms with Crippen molar-refractivity contribution >= 4 is 17.7 Å². The van der Waals surface area contributed by atoms with Crippen LogP contribution in [0.25, 0.3) is 0 Å². The van der Waals surface area contributed by atoms with Crippen LogP contribution in [0.15, 0.2) is 38.0 Å². The Bertz CT molecular complexity index is 453. The lowest BCUT2D eigenvalue weighted by atomic mass is 9.92. The molecule has 0 spiro atoms. The van der Waals surface area contributed by atoms with E-state index in [4.69, 9.17) is 14.2 Å². The Morgan fingerprint density at radius 2 is 1.04 bits per heavy atom. The molecule has 27 heavy (non-hydrogen) atoms. The van der Waals surface area contributed by atoms with Crippen molar-refractivity contribution in [1.82, 2.24) is 16.0 Å². The minimum Gasteiger partial charge on any atom is -0.396 e. The lowest BCUT2D eigenvalue weighted by Gasteiger charge is -2.31. The number of amides is 3. The Hall–Kier alpha value is -2.53. The van der Waals surface area contributed by atoms with Crippen molar-refractivity contribution < 1.29 is 33.7 Å². The first-order valence-corrected chi connectivity index (χ1v) is 7.98. The first-order valence-electron chi connectivity index (χ1n) is 7.98. The van der Waals surface area contributed by atoms with Crippen LogP contribution in [-0.2, 0) is 28.6 Å². The predicted molar refractivity (Wildman–Crippen MR) is 97.0 cm³/mol. The molecule has 0 aliphatic carbocycles. The van der Waals surface area contributed by atoms with E-state index < -0.39 is 23.1 Å². The zero-order chi connectivity index (χ0) is 20.5. The van der Waals surface area contributed by atoms with E-state index in [2.05, 4.69) is 35.7 Å². The van der Waals surface area contributed by atoms with Gasteiger partial charge in [0.1, 0.15) is 20.2 Å². The molecule has 0 rings (SSSR count). The van der Waals surface area contributed by atoms with E-state index in [1.54, 1.807) is 0 Å². The number of hydrogen-bond acceptors (Lipinski definition) is 7. The predicted octanol–water partition coefficient (Wildman–Crippen LogP) is -1.21. The fraction of sp³-hybridized carbons (Fsp3) is 0.471. The summed E-state index contributed by atoms with van der Waals surface area (Å²) in [4.78, 5) is 33.3. The first-order chi connectivity index (χ1) is 12.9. The molecule has 10 nitrogen and oxygen atoms in total. The van der Waals surface area contributed by atoms with Crippen LogP contribution in [0.3, 0.4) is 0 Å². The minimum atomic E-state index is -0.989. The quantitative estimate of drug-likeness (QED) is 0.149. The molecule has 0 saturated heterocycles. The van der Waals surface area contributed by atoms with Crippen molar-refractivity contribution in [3.8, 4) is 0 Å². The number of nitrogens with one attached hydrogen (secondary N) is 3. The average Bonchev–Trinajstić information content (AvgIpc) is 2.70. The molecular weight excluding hydrogens is 358 g/mol. The zero-order valence-corrected chi connectivity index (χ0v) is 15.2. The van der Waals surface area contributed by atoms with Gasteiger partial charge in [-0.2, -0.15) is 0 Å². The van der Waals surface area contributed by atoms with Crippen LogP contribution in [-0.4, -0.2) is 69.4 Å². The maximum atomic E-state index is 11.1. The summed E-state index contributed by atoms with van der Waals surface area (Å²) in [6, 6.07) is 0. The Kier molecular flexibility index (Phi) is 13.2. The van der Waals surface area contributed by atoms with E-state index in [1.165, 1.54) is 0 Å². The second kappa shape index (κ2) is 14.6. The Balaban J connectivity index is 4.59. The summed E-state index contributed by atoms with van der Waals surface area (Å²) in [6.07, 6.45) is 3.29. The Morgan fingerprint density at radius 1 is 0.741 bits per heavy atom. The Labute approximate surface area is 158 Å². The summed E-state index contributed by atoms with van der Waals surface area (Å²) >= 11 is 0. The fourth-order valence-electron chi connectivity index (χ4n) is 1.65. The standard InChI is InChI=1S/C17H27N3O7/c1-4-14(22)18-11-25-8-17(7-21,9-26-12-19-15(23)5-2)10-27-13-20-16(24)6-3/h4-6,21H,1-3,7-13H2,(H,18,22)(H,19,23)(H,20,24). The van der Waals surface area contributed by atoms with Gasteiger partial charge in [0.15, 0.2) is 0 Å². The summed E-state index contributed by atoms with van der Waals surface area (Å²) in [7, 11) is 0. The summed E-state index contributed by atoms with van der Waals surface area (Å²) < 4.78 is 16.1. The summed E-state index contributed by atoms with van der Waals surface area (Å²) in [5.74, 6) is -1.22. The third kappa shape index (κ3) is 11.7. The van der Waals surface area contributed by atoms with Gasteiger partial charge in [-0.3, -0.25) is 14.4 Å². The van der Waals surface area contributed by atoms with Crippen LogP contribution in [0, 0.1) is 5.41 Å². The summed E-state index contributed by atoms with van der Waals surface area (Å²) in [6.45, 7) is 9.20. The molecule has 0 atom stereocenters. The third-order valence-electron chi connectivity index (χ3n) is 3.16. The highest BCUT2D eigenvalue weighted by Crippen LogP contribution is 2.18. The van der Waals surface area contributed by atoms with Gasteiger partial charge in [-0.05, 0) is 18.2 Å². The number of ether oxygens (including phenoxy) is 3. The van der Waals surface area contributed by atoms with Crippen molar-refractivity contribution in [3.05, 3.63) is 38.0 Å². The lowest BCUT2D eigenvalue weighted by Crippen LogP contribution is -2.43. The van der Waals surface area contributed by atoms with E-state index in [1.807, 2.05) is 0 Å². The maximum absolute atomic E-state index is 11.1. The van der Waals surface area contributed by atoms with E-state index in [0.29, 0.717) is 0 Å². The smallest absolute Gasteiger partial charge is 0.245 e. The van der Waals surface area contributed by atoms with Crippen molar-refractivity contribution in [1.29, 1.82) is 0 Å². The summed E-state index contributed by atoms with van der Waals surface area (Å²) in [5, 5.41) is 17.1. The maximum Gasteiger partial charge on any atom is 0.245 e. The molecule has 0 saturated carbocycles. The minimum absolute atomic E-state index is 0.0221. The molecule has 4 N–H and O–H groups in total. The van der Waals surface area contributed by atoms with Gasteiger partial charge in [0, 0.05) is 0 Å².